The van der Waals surface area contributed by atoms with E-state index >= 15 is 0 Å². The number of ether oxygens (including phenoxy) is 1. The second-order valence-electron chi connectivity index (χ2n) is 6.26. The second kappa shape index (κ2) is 6.90. The largest absolute Gasteiger partial charge is 0.488 e. The van der Waals surface area contributed by atoms with Crippen LogP contribution in [0.3, 0.4) is 0 Å². The molecule has 8 heteroatoms. The number of amides is 1. The number of nitrogens with zero attached hydrogens (tertiary/aromatic N) is 4. The first-order valence-electron chi connectivity index (χ1n) is 8.71. The summed E-state index contributed by atoms with van der Waals surface area (Å²) >= 11 is 1.49. The topological polar surface area (TPSA) is 81.9 Å². The summed E-state index contributed by atoms with van der Waals surface area (Å²) in [4.78, 5) is 22.8. The molecule has 4 heterocycles. The lowest BCUT2D eigenvalue weighted by Gasteiger charge is -2.16. The number of carbonyl (C=O) groups is 1. The highest BCUT2D eigenvalue weighted by Gasteiger charge is 2.22. The summed E-state index contributed by atoms with van der Waals surface area (Å²) in [7, 11) is 0. The normalized spacial score (nSPS) is 12.0. The summed E-state index contributed by atoms with van der Waals surface area (Å²) in [5.41, 5.74) is 2.93. The number of hydrogen-bond acceptors (Lipinski definition) is 6. The number of hydrogen-bond donors (Lipinski definition) is 1. The first-order valence-corrected chi connectivity index (χ1v) is 9.53. The smallest absolute Gasteiger partial charge is 0.261 e. The maximum atomic E-state index is 12.7. The van der Waals surface area contributed by atoms with Crippen LogP contribution in [0, 0.1) is 0 Å². The van der Waals surface area contributed by atoms with E-state index in [4.69, 9.17) is 4.74 Å². The molecule has 0 spiro atoms. The van der Waals surface area contributed by atoms with Crippen molar-refractivity contribution < 1.29 is 9.53 Å². The molecule has 28 heavy (non-hydrogen) atoms. The molecule has 0 aliphatic carbocycles. The third kappa shape index (κ3) is 2.93. The summed E-state index contributed by atoms with van der Waals surface area (Å²) in [6.45, 7) is 0.826. The van der Waals surface area contributed by atoms with E-state index < -0.39 is 0 Å². The van der Waals surface area contributed by atoms with Crippen molar-refractivity contribution >= 4 is 17.2 Å². The Balaban J connectivity index is 1.37. The lowest BCUT2D eigenvalue weighted by Crippen LogP contribution is -2.23. The first kappa shape index (κ1) is 16.6. The second-order valence-corrected chi connectivity index (χ2v) is 7.31. The SMILES string of the molecule is O=C(NCc1cccnc1-n1cncn1)c1cc2c(s1)-c1ccccc1OC2. The van der Waals surface area contributed by atoms with Gasteiger partial charge in [-0.05, 0) is 24.3 Å². The van der Waals surface area contributed by atoms with Crippen LogP contribution in [0.15, 0.2) is 61.3 Å². The standard InChI is InChI=1S/C20H15N5O2S/c26-20(23-9-13-4-3-7-22-19(13)25-12-21-11-24-25)17-8-14-10-27-16-6-2-1-5-15(16)18(14)28-17/h1-8,11-12H,9-10H2,(H,23,26). The van der Waals surface area contributed by atoms with Crippen molar-refractivity contribution in [2.45, 2.75) is 13.2 Å². The summed E-state index contributed by atoms with van der Waals surface area (Å²) in [5.74, 6) is 1.38. The summed E-state index contributed by atoms with van der Waals surface area (Å²) in [5, 5.41) is 7.10. The molecule has 0 saturated heterocycles. The monoisotopic (exact) mass is 389 g/mol. The highest BCUT2D eigenvalue weighted by Crippen LogP contribution is 2.42. The van der Waals surface area contributed by atoms with Gasteiger partial charge in [-0.1, -0.05) is 18.2 Å². The minimum atomic E-state index is -0.120. The molecule has 138 valence electrons. The fourth-order valence-electron chi connectivity index (χ4n) is 3.17. The third-order valence-electron chi connectivity index (χ3n) is 4.49. The van der Waals surface area contributed by atoms with E-state index in [0.717, 1.165) is 27.3 Å². The highest BCUT2D eigenvalue weighted by molar-refractivity contribution is 7.17. The van der Waals surface area contributed by atoms with E-state index in [9.17, 15) is 4.79 Å². The van der Waals surface area contributed by atoms with Gasteiger partial charge in [0.2, 0.25) is 0 Å². The Labute approximate surface area is 164 Å². The number of aromatic nitrogens is 4. The van der Waals surface area contributed by atoms with E-state index in [0.29, 0.717) is 23.8 Å². The maximum absolute atomic E-state index is 12.7. The van der Waals surface area contributed by atoms with Gasteiger partial charge in [0, 0.05) is 34.3 Å². The van der Waals surface area contributed by atoms with Crippen LogP contribution in [-0.2, 0) is 13.2 Å². The number of pyridine rings is 1. The lowest BCUT2D eigenvalue weighted by molar-refractivity contribution is 0.0955. The number of thiophene rings is 1. The Morgan fingerprint density at radius 3 is 3.07 bits per heavy atom. The molecule has 0 bridgehead atoms. The zero-order valence-electron chi connectivity index (χ0n) is 14.7. The molecule has 1 amide bonds. The van der Waals surface area contributed by atoms with Crippen LogP contribution in [-0.4, -0.2) is 25.7 Å². The molecule has 4 aromatic rings. The molecule has 1 aromatic carbocycles. The third-order valence-corrected chi connectivity index (χ3v) is 5.70. The van der Waals surface area contributed by atoms with Crippen molar-refractivity contribution in [3.8, 4) is 22.0 Å². The fourth-order valence-corrected chi connectivity index (χ4v) is 4.28. The minimum absolute atomic E-state index is 0.120. The molecule has 3 aromatic heterocycles. The lowest BCUT2D eigenvalue weighted by atomic mass is 10.1. The predicted molar refractivity (Wildman–Crippen MR) is 104 cm³/mol. The van der Waals surface area contributed by atoms with Crippen LogP contribution < -0.4 is 10.1 Å². The Hall–Kier alpha value is -3.52. The van der Waals surface area contributed by atoms with Crippen LogP contribution in [0.5, 0.6) is 5.75 Å². The Morgan fingerprint density at radius 2 is 2.18 bits per heavy atom. The predicted octanol–water partition coefficient (Wildman–Crippen LogP) is 3.21. The maximum Gasteiger partial charge on any atom is 0.261 e. The van der Waals surface area contributed by atoms with Crippen LogP contribution in [0.2, 0.25) is 0 Å². The van der Waals surface area contributed by atoms with Gasteiger partial charge in [0.15, 0.2) is 5.82 Å². The van der Waals surface area contributed by atoms with E-state index in [-0.39, 0.29) is 5.91 Å². The van der Waals surface area contributed by atoms with Gasteiger partial charge in [0.25, 0.3) is 5.91 Å². The number of fused-ring (bicyclic) bond motifs is 3. The minimum Gasteiger partial charge on any atom is -0.488 e. The van der Waals surface area contributed by atoms with Crippen LogP contribution in [0.4, 0.5) is 0 Å². The molecule has 1 aliphatic heterocycles. The highest BCUT2D eigenvalue weighted by atomic mass is 32.1. The molecule has 0 saturated carbocycles. The van der Waals surface area contributed by atoms with Crippen LogP contribution in [0.1, 0.15) is 20.8 Å². The van der Waals surface area contributed by atoms with Crippen molar-refractivity contribution in [3.05, 3.63) is 77.3 Å². The molecular weight excluding hydrogens is 374 g/mol. The molecule has 1 aliphatic rings. The van der Waals surface area contributed by atoms with E-state index in [1.54, 1.807) is 17.2 Å². The van der Waals surface area contributed by atoms with Crippen molar-refractivity contribution in [2.75, 3.05) is 0 Å². The molecule has 0 atom stereocenters. The summed E-state index contributed by atoms with van der Waals surface area (Å²) < 4.78 is 7.36. The molecule has 1 N–H and O–H groups in total. The number of para-hydroxylation sites is 1. The summed E-state index contributed by atoms with van der Waals surface area (Å²) in [6.07, 6.45) is 4.72. The first-order chi connectivity index (χ1) is 13.8. The molecule has 0 unspecified atom stereocenters. The van der Waals surface area contributed by atoms with Gasteiger partial charge in [0.1, 0.15) is 25.0 Å². The zero-order valence-corrected chi connectivity index (χ0v) is 15.5. The van der Waals surface area contributed by atoms with E-state index in [1.807, 2.05) is 42.5 Å². The molecule has 0 radical (unpaired) electrons. The molecule has 7 nitrogen and oxygen atoms in total. The van der Waals surface area contributed by atoms with Crippen molar-refractivity contribution in [1.82, 2.24) is 25.1 Å². The number of nitrogens with one attached hydrogen (secondary N) is 1. The Morgan fingerprint density at radius 1 is 1.25 bits per heavy atom. The van der Waals surface area contributed by atoms with Crippen molar-refractivity contribution in [3.63, 3.8) is 0 Å². The number of benzene rings is 1. The van der Waals surface area contributed by atoms with Crippen molar-refractivity contribution in [1.29, 1.82) is 0 Å². The quantitative estimate of drug-likeness (QED) is 0.580. The fraction of sp³-hybridized carbons (Fsp3) is 0.100. The summed E-state index contributed by atoms with van der Waals surface area (Å²) in [6, 6.07) is 13.6. The van der Waals surface area contributed by atoms with Crippen molar-refractivity contribution in [2.24, 2.45) is 0 Å². The van der Waals surface area contributed by atoms with Gasteiger partial charge >= 0.3 is 0 Å². The Kier molecular flexibility index (Phi) is 4.10. The van der Waals surface area contributed by atoms with E-state index in [2.05, 4.69) is 20.4 Å². The zero-order chi connectivity index (χ0) is 18.9. The number of carbonyl (C=O) groups excluding carboxylic acids is 1. The van der Waals surface area contributed by atoms with Gasteiger partial charge in [-0.3, -0.25) is 4.79 Å². The average Bonchev–Trinajstić information content (AvgIpc) is 3.42. The van der Waals surface area contributed by atoms with Gasteiger partial charge in [-0.15, -0.1) is 11.3 Å². The van der Waals surface area contributed by atoms with Gasteiger partial charge in [-0.25, -0.2) is 14.6 Å². The molecule has 5 rings (SSSR count). The Bertz CT molecular complexity index is 1150. The van der Waals surface area contributed by atoms with Gasteiger partial charge in [0.05, 0.1) is 4.88 Å². The number of rotatable bonds is 4. The van der Waals surface area contributed by atoms with Gasteiger partial charge < -0.3 is 10.1 Å². The van der Waals surface area contributed by atoms with Crippen LogP contribution >= 0.6 is 11.3 Å². The van der Waals surface area contributed by atoms with Gasteiger partial charge in [-0.2, -0.15) is 5.10 Å². The average molecular weight is 389 g/mol. The molecule has 0 fully saturated rings. The van der Waals surface area contributed by atoms with E-state index in [1.165, 1.54) is 17.7 Å². The van der Waals surface area contributed by atoms with Crippen LogP contribution in [0.25, 0.3) is 16.3 Å². The molecular formula is C20H15N5O2S.